The first-order valence-corrected chi connectivity index (χ1v) is 5.69. The van der Waals surface area contributed by atoms with Gasteiger partial charge in [-0.1, -0.05) is 30.3 Å². The molecule has 0 radical (unpaired) electrons. The van der Waals surface area contributed by atoms with Gasteiger partial charge >= 0.3 is 5.97 Å². The number of aromatic nitrogens is 2. The van der Waals surface area contributed by atoms with Crippen LogP contribution in [0.4, 0.5) is 0 Å². The number of H-pyrrole nitrogens is 1. The lowest BCUT2D eigenvalue weighted by Gasteiger charge is -1.99. The number of primary amides is 1. The van der Waals surface area contributed by atoms with E-state index >= 15 is 0 Å². The molecule has 102 valence electrons. The Kier molecular flexibility index (Phi) is 3.60. The van der Waals surface area contributed by atoms with Crippen molar-refractivity contribution in [3.63, 3.8) is 0 Å². The predicted molar refractivity (Wildman–Crippen MR) is 68.5 cm³/mol. The van der Waals surface area contributed by atoms with Crippen LogP contribution >= 0.6 is 0 Å². The number of aromatic carboxylic acids is 1. The first kappa shape index (κ1) is 13.5. The summed E-state index contributed by atoms with van der Waals surface area (Å²) >= 11 is 0. The summed E-state index contributed by atoms with van der Waals surface area (Å²) in [5.74, 6) is -3.15. The van der Waals surface area contributed by atoms with Crippen molar-refractivity contribution in [1.29, 1.82) is 0 Å². The number of carbonyl (C=O) groups is 3. The highest BCUT2D eigenvalue weighted by Gasteiger charge is 2.23. The third kappa shape index (κ3) is 2.72. The Balaban J connectivity index is 2.34. The molecule has 0 unspecified atom stereocenters. The number of amides is 1. The van der Waals surface area contributed by atoms with Crippen LogP contribution in [0.3, 0.4) is 0 Å². The van der Waals surface area contributed by atoms with E-state index in [0.717, 1.165) is 5.56 Å². The molecule has 0 aliphatic heterocycles. The first-order chi connectivity index (χ1) is 9.49. The van der Waals surface area contributed by atoms with Gasteiger partial charge in [-0.3, -0.25) is 9.59 Å². The SMILES string of the molecule is NC(=O)c1nc(C(=O)Cc2ccccc2)c(C(=O)O)[nH]1. The smallest absolute Gasteiger partial charge is 0.354 e. The molecule has 0 saturated carbocycles. The average molecular weight is 273 g/mol. The summed E-state index contributed by atoms with van der Waals surface area (Å²) in [6.45, 7) is 0. The van der Waals surface area contributed by atoms with E-state index in [-0.39, 0.29) is 17.9 Å². The van der Waals surface area contributed by atoms with Crippen LogP contribution in [0.2, 0.25) is 0 Å². The Bertz CT molecular complexity index is 676. The van der Waals surface area contributed by atoms with Gasteiger partial charge in [0.25, 0.3) is 5.91 Å². The zero-order valence-electron chi connectivity index (χ0n) is 10.3. The maximum absolute atomic E-state index is 12.1. The Morgan fingerprint density at radius 2 is 1.85 bits per heavy atom. The molecule has 0 aliphatic rings. The number of Topliss-reactive ketones (excluding diaryl/α,β-unsaturated/α-hetero) is 1. The summed E-state index contributed by atoms with van der Waals surface area (Å²) in [5, 5.41) is 9.00. The summed E-state index contributed by atoms with van der Waals surface area (Å²) in [4.78, 5) is 40.0. The fourth-order valence-electron chi connectivity index (χ4n) is 1.71. The molecular formula is C13H11N3O4. The summed E-state index contributed by atoms with van der Waals surface area (Å²) < 4.78 is 0. The standard InChI is InChI=1S/C13H11N3O4/c14-11(18)12-15-9(10(16-12)13(19)20)8(17)6-7-4-2-1-3-5-7/h1-5H,6H2,(H2,14,18)(H,15,16)(H,19,20). The van der Waals surface area contributed by atoms with E-state index in [1.54, 1.807) is 30.3 Å². The minimum atomic E-state index is -1.37. The molecule has 1 aromatic carbocycles. The van der Waals surface area contributed by atoms with Gasteiger partial charge in [-0.25, -0.2) is 9.78 Å². The van der Waals surface area contributed by atoms with Crippen LogP contribution in [0.25, 0.3) is 0 Å². The van der Waals surface area contributed by atoms with E-state index in [9.17, 15) is 14.4 Å². The monoisotopic (exact) mass is 273 g/mol. The highest BCUT2D eigenvalue weighted by Crippen LogP contribution is 2.11. The lowest BCUT2D eigenvalue weighted by Crippen LogP contribution is -2.13. The van der Waals surface area contributed by atoms with E-state index in [4.69, 9.17) is 10.8 Å². The van der Waals surface area contributed by atoms with Gasteiger partial charge in [-0.15, -0.1) is 0 Å². The van der Waals surface area contributed by atoms with Crippen LogP contribution in [-0.2, 0) is 6.42 Å². The number of aromatic amines is 1. The van der Waals surface area contributed by atoms with Crippen molar-refractivity contribution >= 4 is 17.7 Å². The molecule has 2 rings (SSSR count). The zero-order valence-corrected chi connectivity index (χ0v) is 10.3. The minimum Gasteiger partial charge on any atom is -0.477 e. The second-order valence-electron chi connectivity index (χ2n) is 4.06. The highest BCUT2D eigenvalue weighted by atomic mass is 16.4. The van der Waals surface area contributed by atoms with E-state index < -0.39 is 23.4 Å². The second-order valence-corrected chi connectivity index (χ2v) is 4.06. The number of nitrogens with one attached hydrogen (secondary N) is 1. The van der Waals surface area contributed by atoms with Gasteiger partial charge in [0.05, 0.1) is 0 Å². The lowest BCUT2D eigenvalue weighted by molar-refractivity contribution is 0.0686. The normalized spacial score (nSPS) is 10.2. The molecule has 1 heterocycles. The van der Waals surface area contributed by atoms with Gasteiger partial charge in [0.2, 0.25) is 0 Å². The average Bonchev–Trinajstić information content (AvgIpc) is 2.85. The Morgan fingerprint density at radius 1 is 1.20 bits per heavy atom. The Hall–Kier alpha value is -2.96. The quantitative estimate of drug-likeness (QED) is 0.689. The van der Waals surface area contributed by atoms with E-state index in [1.165, 1.54) is 0 Å². The maximum Gasteiger partial charge on any atom is 0.354 e. The predicted octanol–water partition coefficient (Wildman–Crippen LogP) is 0.632. The van der Waals surface area contributed by atoms with Crippen LogP contribution in [0.5, 0.6) is 0 Å². The number of benzene rings is 1. The minimum absolute atomic E-state index is 0.00975. The van der Waals surface area contributed by atoms with Crippen LogP contribution in [-0.4, -0.2) is 32.7 Å². The molecule has 7 nitrogen and oxygen atoms in total. The molecular weight excluding hydrogens is 262 g/mol. The van der Waals surface area contributed by atoms with Gasteiger partial charge in [0, 0.05) is 6.42 Å². The Labute approximate surface area is 113 Å². The molecule has 0 atom stereocenters. The second kappa shape index (κ2) is 5.35. The van der Waals surface area contributed by atoms with Crippen molar-refractivity contribution in [3.05, 3.63) is 53.1 Å². The van der Waals surface area contributed by atoms with Crippen molar-refractivity contribution in [2.24, 2.45) is 5.73 Å². The molecule has 20 heavy (non-hydrogen) atoms. The number of rotatable bonds is 5. The summed E-state index contributed by atoms with van der Waals surface area (Å²) in [6.07, 6.45) is -0.00975. The van der Waals surface area contributed by atoms with Crippen molar-refractivity contribution < 1.29 is 19.5 Å². The van der Waals surface area contributed by atoms with Crippen LogP contribution in [0.1, 0.15) is 37.2 Å². The molecule has 7 heteroatoms. The summed E-state index contributed by atoms with van der Waals surface area (Å²) in [7, 11) is 0. The number of hydrogen-bond donors (Lipinski definition) is 3. The van der Waals surface area contributed by atoms with Gasteiger partial charge < -0.3 is 15.8 Å². The number of hydrogen-bond acceptors (Lipinski definition) is 4. The molecule has 4 N–H and O–H groups in total. The summed E-state index contributed by atoms with van der Waals surface area (Å²) in [6, 6.07) is 8.80. The molecule has 0 spiro atoms. The van der Waals surface area contributed by atoms with Gasteiger partial charge in [-0.05, 0) is 5.56 Å². The van der Waals surface area contributed by atoms with Crippen LogP contribution in [0.15, 0.2) is 30.3 Å². The molecule has 0 saturated heterocycles. The molecule has 0 fully saturated rings. The van der Waals surface area contributed by atoms with E-state index in [2.05, 4.69) is 9.97 Å². The van der Waals surface area contributed by atoms with Crippen LogP contribution in [0, 0.1) is 0 Å². The number of carbonyl (C=O) groups excluding carboxylic acids is 2. The fourth-order valence-corrected chi connectivity index (χ4v) is 1.71. The third-order valence-electron chi connectivity index (χ3n) is 2.62. The maximum atomic E-state index is 12.1. The Morgan fingerprint density at radius 3 is 2.40 bits per heavy atom. The first-order valence-electron chi connectivity index (χ1n) is 5.69. The van der Waals surface area contributed by atoms with Crippen molar-refractivity contribution in [2.45, 2.75) is 6.42 Å². The fraction of sp³-hybridized carbons (Fsp3) is 0.0769. The van der Waals surface area contributed by atoms with Crippen molar-refractivity contribution in [3.8, 4) is 0 Å². The molecule has 1 amide bonds. The molecule has 1 aromatic heterocycles. The summed E-state index contributed by atoms with van der Waals surface area (Å²) in [5.41, 5.74) is 5.00. The number of ketones is 1. The van der Waals surface area contributed by atoms with Gasteiger partial charge in [0.1, 0.15) is 5.69 Å². The zero-order chi connectivity index (χ0) is 14.7. The van der Waals surface area contributed by atoms with Crippen molar-refractivity contribution in [1.82, 2.24) is 9.97 Å². The van der Waals surface area contributed by atoms with E-state index in [0.29, 0.717) is 0 Å². The largest absolute Gasteiger partial charge is 0.477 e. The number of carboxylic acid groups (broad SMARTS) is 1. The number of imidazole rings is 1. The topological polar surface area (TPSA) is 126 Å². The van der Waals surface area contributed by atoms with Gasteiger partial charge in [-0.2, -0.15) is 0 Å². The molecule has 2 aromatic rings. The van der Waals surface area contributed by atoms with Crippen molar-refractivity contribution in [2.75, 3.05) is 0 Å². The van der Waals surface area contributed by atoms with Gasteiger partial charge in [0.15, 0.2) is 17.3 Å². The molecule has 0 bridgehead atoms. The number of nitrogens with two attached hydrogens (primary N) is 1. The number of nitrogens with zero attached hydrogens (tertiary/aromatic N) is 1. The van der Waals surface area contributed by atoms with Crippen LogP contribution < -0.4 is 5.73 Å². The number of carboxylic acids is 1. The highest BCUT2D eigenvalue weighted by molar-refractivity contribution is 6.05. The van der Waals surface area contributed by atoms with E-state index in [1.807, 2.05) is 0 Å². The lowest BCUT2D eigenvalue weighted by atomic mass is 10.1. The third-order valence-corrected chi connectivity index (χ3v) is 2.62. The molecule has 0 aliphatic carbocycles.